The minimum atomic E-state index is -4.73. The first-order valence-electron chi connectivity index (χ1n) is 9.25. The molecule has 5 nitrogen and oxygen atoms in total. The van der Waals surface area contributed by atoms with E-state index in [1.807, 2.05) is 0 Å². The third-order valence-corrected chi connectivity index (χ3v) is 4.48. The summed E-state index contributed by atoms with van der Waals surface area (Å²) in [7, 11) is 1.38. The molecule has 1 amide bonds. The Kier molecular flexibility index (Phi) is 6.47. The van der Waals surface area contributed by atoms with Gasteiger partial charge in [-0.3, -0.25) is 4.79 Å². The van der Waals surface area contributed by atoms with Gasteiger partial charge in [0.05, 0.1) is 18.2 Å². The standard InChI is InChI=1S/C23H18F4N2O3/c1-4-14-10-20(32-19-6-5-15(24)9-13(19)2)17(12-18(14)23(25,26)27)22(30)29-16-7-8-28-21(11-16)31-3/h4-12H,1H2,2-3H3,(H,28,29,30). The number of nitrogens with zero attached hydrogens (tertiary/aromatic N) is 1. The number of methoxy groups -OCH3 is 1. The minimum absolute atomic E-state index is 0.152. The highest BCUT2D eigenvalue weighted by molar-refractivity contribution is 6.06. The number of halogens is 4. The molecule has 3 aromatic rings. The summed E-state index contributed by atoms with van der Waals surface area (Å²) in [6.07, 6.45) is -2.35. The summed E-state index contributed by atoms with van der Waals surface area (Å²) in [6.45, 7) is 4.99. The molecule has 0 radical (unpaired) electrons. The number of aromatic nitrogens is 1. The molecule has 0 unspecified atom stereocenters. The van der Waals surface area contributed by atoms with Crippen LogP contribution in [0.3, 0.4) is 0 Å². The molecule has 166 valence electrons. The molecule has 1 heterocycles. The Morgan fingerprint density at radius 2 is 1.88 bits per heavy atom. The zero-order valence-corrected chi connectivity index (χ0v) is 17.1. The van der Waals surface area contributed by atoms with Crippen molar-refractivity contribution >= 4 is 17.7 Å². The Bertz CT molecular complexity index is 1180. The number of alkyl halides is 3. The van der Waals surface area contributed by atoms with E-state index >= 15 is 0 Å². The lowest BCUT2D eigenvalue weighted by Gasteiger charge is -2.18. The number of hydrogen-bond acceptors (Lipinski definition) is 4. The zero-order chi connectivity index (χ0) is 23.5. The van der Waals surface area contributed by atoms with Crippen LogP contribution in [0.2, 0.25) is 0 Å². The SMILES string of the molecule is C=Cc1cc(Oc2ccc(F)cc2C)c(C(=O)Nc2ccnc(OC)c2)cc1C(F)(F)F. The molecule has 32 heavy (non-hydrogen) atoms. The van der Waals surface area contributed by atoms with Crippen LogP contribution >= 0.6 is 0 Å². The molecule has 0 saturated carbocycles. The second-order valence-electron chi connectivity index (χ2n) is 6.69. The lowest BCUT2D eigenvalue weighted by molar-refractivity contribution is -0.137. The lowest BCUT2D eigenvalue weighted by atomic mass is 10.0. The van der Waals surface area contributed by atoms with Crippen LogP contribution < -0.4 is 14.8 Å². The smallest absolute Gasteiger partial charge is 0.417 e. The fourth-order valence-corrected chi connectivity index (χ4v) is 2.91. The summed E-state index contributed by atoms with van der Waals surface area (Å²) in [5.74, 6) is -1.12. The van der Waals surface area contributed by atoms with Crippen molar-refractivity contribution in [2.24, 2.45) is 0 Å². The quantitative estimate of drug-likeness (QED) is 0.455. The third-order valence-electron chi connectivity index (χ3n) is 4.48. The van der Waals surface area contributed by atoms with E-state index in [2.05, 4.69) is 16.9 Å². The zero-order valence-electron chi connectivity index (χ0n) is 17.1. The van der Waals surface area contributed by atoms with Crippen LogP contribution in [0.4, 0.5) is 23.2 Å². The largest absolute Gasteiger partial charge is 0.481 e. The number of aryl methyl sites for hydroxylation is 1. The first kappa shape index (κ1) is 22.8. The fourth-order valence-electron chi connectivity index (χ4n) is 2.91. The molecule has 2 aromatic carbocycles. The number of carbonyl (C=O) groups is 1. The van der Waals surface area contributed by atoms with Crippen LogP contribution in [0.1, 0.15) is 27.0 Å². The predicted octanol–water partition coefficient (Wildman–Crippen LogP) is 6.24. The number of hydrogen-bond donors (Lipinski definition) is 1. The van der Waals surface area contributed by atoms with Crippen LogP contribution in [-0.2, 0) is 6.18 Å². The second kappa shape index (κ2) is 9.09. The van der Waals surface area contributed by atoms with E-state index in [9.17, 15) is 22.4 Å². The van der Waals surface area contributed by atoms with Gasteiger partial charge in [-0.05, 0) is 54.4 Å². The summed E-state index contributed by atoms with van der Waals surface area (Å²) in [6, 6.07) is 8.30. The predicted molar refractivity (Wildman–Crippen MR) is 111 cm³/mol. The molecular weight excluding hydrogens is 428 g/mol. The maximum atomic E-state index is 13.6. The van der Waals surface area contributed by atoms with E-state index in [1.165, 1.54) is 37.6 Å². The molecule has 0 aliphatic carbocycles. The molecule has 0 bridgehead atoms. The average molecular weight is 446 g/mol. The Morgan fingerprint density at radius 1 is 1.12 bits per heavy atom. The maximum absolute atomic E-state index is 13.6. The third kappa shape index (κ3) is 5.05. The van der Waals surface area contributed by atoms with E-state index in [0.29, 0.717) is 11.6 Å². The number of anilines is 1. The van der Waals surface area contributed by atoms with Gasteiger partial charge in [0, 0.05) is 18.0 Å². The Balaban J connectivity index is 2.09. The van der Waals surface area contributed by atoms with Gasteiger partial charge in [0.25, 0.3) is 5.91 Å². The van der Waals surface area contributed by atoms with E-state index in [0.717, 1.165) is 18.2 Å². The molecule has 0 aliphatic heterocycles. The molecule has 0 fully saturated rings. The van der Waals surface area contributed by atoms with Crippen molar-refractivity contribution in [1.82, 2.24) is 4.98 Å². The van der Waals surface area contributed by atoms with Crippen molar-refractivity contribution in [1.29, 1.82) is 0 Å². The number of benzene rings is 2. The highest BCUT2D eigenvalue weighted by atomic mass is 19.4. The van der Waals surface area contributed by atoms with Crippen molar-refractivity contribution in [2.75, 3.05) is 12.4 Å². The van der Waals surface area contributed by atoms with Gasteiger partial charge in [0.15, 0.2) is 0 Å². The lowest BCUT2D eigenvalue weighted by Crippen LogP contribution is -2.16. The summed E-state index contributed by atoms with van der Waals surface area (Å²) >= 11 is 0. The number of nitrogens with one attached hydrogen (secondary N) is 1. The van der Waals surface area contributed by atoms with Crippen LogP contribution in [0.5, 0.6) is 17.4 Å². The van der Waals surface area contributed by atoms with Gasteiger partial charge in [-0.25, -0.2) is 9.37 Å². The molecule has 1 aromatic heterocycles. The first-order valence-corrected chi connectivity index (χ1v) is 9.25. The molecular formula is C23H18F4N2O3. The average Bonchev–Trinajstić information content (AvgIpc) is 2.74. The molecule has 0 saturated heterocycles. The molecule has 3 rings (SSSR count). The number of rotatable bonds is 6. The normalized spacial score (nSPS) is 11.1. The van der Waals surface area contributed by atoms with E-state index < -0.39 is 23.5 Å². The van der Waals surface area contributed by atoms with Gasteiger partial charge in [-0.2, -0.15) is 13.2 Å². The summed E-state index contributed by atoms with van der Waals surface area (Å²) in [5.41, 5.74) is -1.03. The van der Waals surface area contributed by atoms with Gasteiger partial charge in [0.2, 0.25) is 5.88 Å². The molecule has 0 atom stereocenters. The monoisotopic (exact) mass is 446 g/mol. The topological polar surface area (TPSA) is 60.5 Å². The van der Waals surface area contributed by atoms with Gasteiger partial charge in [-0.15, -0.1) is 0 Å². The number of amides is 1. The summed E-state index contributed by atoms with van der Waals surface area (Å²) in [4.78, 5) is 16.8. The summed E-state index contributed by atoms with van der Waals surface area (Å²) in [5, 5.41) is 2.51. The molecule has 9 heteroatoms. The second-order valence-corrected chi connectivity index (χ2v) is 6.69. The van der Waals surface area contributed by atoms with Crippen molar-refractivity contribution in [3.05, 3.63) is 83.3 Å². The fraction of sp³-hybridized carbons (Fsp3) is 0.130. The van der Waals surface area contributed by atoms with Crippen LogP contribution in [0, 0.1) is 12.7 Å². The first-order chi connectivity index (χ1) is 15.1. The van der Waals surface area contributed by atoms with Crippen LogP contribution in [0.15, 0.2) is 55.2 Å². The van der Waals surface area contributed by atoms with Crippen molar-refractivity contribution in [2.45, 2.75) is 13.1 Å². The Labute approximate surface area is 181 Å². The number of pyridine rings is 1. The molecule has 1 N–H and O–H groups in total. The Morgan fingerprint density at radius 3 is 2.50 bits per heavy atom. The van der Waals surface area contributed by atoms with Crippen LogP contribution in [-0.4, -0.2) is 18.0 Å². The number of carbonyl (C=O) groups excluding carboxylic acids is 1. The van der Waals surface area contributed by atoms with Crippen LogP contribution in [0.25, 0.3) is 6.08 Å². The van der Waals surface area contributed by atoms with Gasteiger partial charge < -0.3 is 14.8 Å². The van der Waals surface area contributed by atoms with Gasteiger partial charge in [0.1, 0.15) is 17.3 Å². The van der Waals surface area contributed by atoms with Gasteiger partial charge >= 0.3 is 6.18 Å². The van der Waals surface area contributed by atoms with E-state index in [4.69, 9.17) is 9.47 Å². The van der Waals surface area contributed by atoms with Crippen molar-refractivity contribution in [3.63, 3.8) is 0 Å². The highest BCUT2D eigenvalue weighted by Crippen LogP contribution is 2.38. The molecule has 0 aliphatic rings. The minimum Gasteiger partial charge on any atom is -0.481 e. The van der Waals surface area contributed by atoms with E-state index in [-0.39, 0.29) is 34.2 Å². The summed E-state index contributed by atoms with van der Waals surface area (Å²) < 4.78 is 64.9. The Hall–Kier alpha value is -3.88. The van der Waals surface area contributed by atoms with Crippen molar-refractivity contribution < 1.29 is 31.8 Å². The highest BCUT2D eigenvalue weighted by Gasteiger charge is 2.35. The molecule has 0 spiro atoms. The van der Waals surface area contributed by atoms with Crippen molar-refractivity contribution in [3.8, 4) is 17.4 Å². The van der Waals surface area contributed by atoms with Gasteiger partial charge in [-0.1, -0.05) is 12.7 Å². The number of ether oxygens (including phenoxy) is 2. The maximum Gasteiger partial charge on any atom is 0.417 e. The van der Waals surface area contributed by atoms with E-state index in [1.54, 1.807) is 6.92 Å².